The molecule has 5 nitrogen and oxygen atoms in total. The molecule has 1 fully saturated rings. The van der Waals surface area contributed by atoms with Crippen molar-refractivity contribution in [3.05, 3.63) is 99.5 Å². The van der Waals surface area contributed by atoms with Crippen LogP contribution in [0.4, 0.5) is 0 Å². The van der Waals surface area contributed by atoms with E-state index in [4.69, 9.17) is 27.9 Å². The predicted octanol–water partition coefficient (Wildman–Crippen LogP) is 6.77. The molecule has 0 saturated heterocycles. The molecule has 3 aromatic carbocycles. The van der Waals surface area contributed by atoms with Crippen molar-refractivity contribution in [3.8, 4) is 5.75 Å². The molecule has 1 saturated carbocycles. The Labute approximate surface area is 235 Å². The first-order valence-corrected chi connectivity index (χ1v) is 13.9. The Morgan fingerprint density at radius 1 is 0.947 bits per heavy atom. The summed E-state index contributed by atoms with van der Waals surface area (Å²) < 4.78 is 5.87. The van der Waals surface area contributed by atoms with Crippen LogP contribution in [-0.4, -0.2) is 35.4 Å². The summed E-state index contributed by atoms with van der Waals surface area (Å²) >= 11 is 12.6. The zero-order chi connectivity index (χ0) is 26.9. The van der Waals surface area contributed by atoms with Crippen LogP contribution in [0.5, 0.6) is 5.75 Å². The van der Waals surface area contributed by atoms with Gasteiger partial charge in [-0.2, -0.15) is 0 Å². The Morgan fingerprint density at radius 2 is 1.66 bits per heavy atom. The molecule has 0 spiro atoms. The van der Waals surface area contributed by atoms with Gasteiger partial charge in [0.15, 0.2) is 6.61 Å². The fourth-order valence-corrected chi connectivity index (χ4v) is 5.16. The normalized spacial score (nSPS) is 14.5. The summed E-state index contributed by atoms with van der Waals surface area (Å²) in [6, 6.07) is 21.9. The second-order valence-electron chi connectivity index (χ2n) is 9.86. The third-order valence-corrected chi connectivity index (χ3v) is 7.81. The first-order valence-electron chi connectivity index (χ1n) is 13.2. The van der Waals surface area contributed by atoms with Crippen LogP contribution < -0.4 is 10.1 Å². The molecule has 1 aliphatic carbocycles. The van der Waals surface area contributed by atoms with Gasteiger partial charge in [0.1, 0.15) is 11.8 Å². The lowest BCUT2D eigenvalue weighted by molar-refractivity contribution is -0.143. The number of carbonyl (C=O) groups is 2. The van der Waals surface area contributed by atoms with Crippen LogP contribution in [0, 0.1) is 6.92 Å². The first-order chi connectivity index (χ1) is 18.4. The van der Waals surface area contributed by atoms with Crippen LogP contribution in [0.1, 0.15) is 48.8 Å². The number of benzene rings is 3. The van der Waals surface area contributed by atoms with E-state index in [2.05, 4.69) is 5.32 Å². The van der Waals surface area contributed by atoms with Gasteiger partial charge in [-0.3, -0.25) is 9.59 Å². The predicted molar refractivity (Wildman–Crippen MR) is 153 cm³/mol. The number of hydrogen-bond acceptors (Lipinski definition) is 3. The van der Waals surface area contributed by atoms with Gasteiger partial charge in [-0.15, -0.1) is 0 Å². The van der Waals surface area contributed by atoms with E-state index < -0.39 is 6.04 Å². The van der Waals surface area contributed by atoms with Crippen LogP contribution in [0.3, 0.4) is 0 Å². The molecule has 3 aromatic rings. The SMILES string of the molecule is Cc1cc(OCC(=O)N(Cc2ccccc2Cl)[C@H](Cc2ccccc2)C(=O)NC2CCCCC2)ccc1Cl. The monoisotopic (exact) mass is 552 g/mol. The molecule has 0 aromatic heterocycles. The third-order valence-electron chi connectivity index (χ3n) is 7.01. The van der Waals surface area contributed by atoms with Gasteiger partial charge in [-0.05, 0) is 60.7 Å². The molecule has 0 unspecified atom stereocenters. The molecular formula is C31H34Cl2N2O3. The lowest BCUT2D eigenvalue weighted by Crippen LogP contribution is -2.53. The van der Waals surface area contributed by atoms with Crippen molar-refractivity contribution in [1.82, 2.24) is 10.2 Å². The molecule has 2 amide bonds. The molecule has 38 heavy (non-hydrogen) atoms. The number of nitrogens with one attached hydrogen (secondary N) is 1. The summed E-state index contributed by atoms with van der Waals surface area (Å²) in [5.41, 5.74) is 2.61. The molecule has 0 heterocycles. The van der Waals surface area contributed by atoms with Crippen LogP contribution in [0.2, 0.25) is 10.0 Å². The Balaban J connectivity index is 1.62. The highest BCUT2D eigenvalue weighted by Crippen LogP contribution is 2.24. The van der Waals surface area contributed by atoms with Crippen molar-refractivity contribution < 1.29 is 14.3 Å². The maximum Gasteiger partial charge on any atom is 0.261 e. The minimum absolute atomic E-state index is 0.125. The quantitative estimate of drug-likeness (QED) is 0.302. The molecule has 0 aliphatic heterocycles. The highest BCUT2D eigenvalue weighted by atomic mass is 35.5. The number of hydrogen-bond donors (Lipinski definition) is 1. The number of amides is 2. The Morgan fingerprint density at radius 3 is 2.37 bits per heavy atom. The number of rotatable bonds is 10. The first kappa shape index (κ1) is 28.0. The van der Waals surface area contributed by atoms with Crippen molar-refractivity contribution in [1.29, 1.82) is 0 Å². The van der Waals surface area contributed by atoms with E-state index >= 15 is 0 Å². The molecule has 0 radical (unpaired) electrons. The highest BCUT2D eigenvalue weighted by Gasteiger charge is 2.32. The topological polar surface area (TPSA) is 58.6 Å². The number of aryl methyl sites for hydroxylation is 1. The van der Waals surface area contributed by atoms with Crippen molar-refractivity contribution in [3.63, 3.8) is 0 Å². The van der Waals surface area contributed by atoms with Crippen molar-refractivity contribution >= 4 is 35.0 Å². The van der Waals surface area contributed by atoms with E-state index in [1.54, 1.807) is 29.2 Å². The van der Waals surface area contributed by atoms with Gasteiger partial charge in [0, 0.05) is 29.1 Å². The van der Waals surface area contributed by atoms with Gasteiger partial charge in [-0.1, -0.05) is 91.0 Å². The van der Waals surface area contributed by atoms with Gasteiger partial charge in [0.25, 0.3) is 5.91 Å². The molecule has 4 rings (SSSR count). The van der Waals surface area contributed by atoms with E-state index in [0.29, 0.717) is 22.2 Å². The molecule has 7 heteroatoms. The van der Waals surface area contributed by atoms with Crippen molar-refractivity contribution in [2.45, 2.75) is 64.1 Å². The number of nitrogens with zero attached hydrogens (tertiary/aromatic N) is 1. The van der Waals surface area contributed by atoms with Crippen LogP contribution >= 0.6 is 23.2 Å². The minimum Gasteiger partial charge on any atom is -0.484 e. The molecule has 1 aliphatic rings. The van der Waals surface area contributed by atoms with E-state index in [1.807, 2.05) is 55.5 Å². The fraction of sp³-hybridized carbons (Fsp3) is 0.355. The summed E-state index contributed by atoms with van der Waals surface area (Å²) in [5.74, 6) is 0.102. The Bertz CT molecular complexity index is 1230. The van der Waals surface area contributed by atoms with Crippen LogP contribution in [0.25, 0.3) is 0 Å². The zero-order valence-corrected chi connectivity index (χ0v) is 23.2. The van der Waals surface area contributed by atoms with Gasteiger partial charge in [-0.25, -0.2) is 0 Å². The third kappa shape index (κ3) is 7.75. The van der Waals surface area contributed by atoms with Crippen molar-refractivity contribution in [2.24, 2.45) is 0 Å². The van der Waals surface area contributed by atoms with Gasteiger partial charge in [0.05, 0.1) is 0 Å². The molecule has 1 atom stereocenters. The standard InChI is InChI=1S/C31H34Cl2N2O3/c1-22-18-26(16-17-27(22)32)38-21-30(36)35(20-24-12-8-9-15-28(24)33)29(19-23-10-4-2-5-11-23)31(37)34-25-13-6-3-7-14-25/h2,4-5,8-12,15-18,25,29H,3,6-7,13-14,19-21H2,1H3,(H,34,37)/t29-/m1/s1. The van der Waals surface area contributed by atoms with E-state index in [1.165, 1.54) is 6.42 Å². The summed E-state index contributed by atoms with van der Waals surface area (Å²) in [5, 5.41) is 4.42. The second-order valence-corrected chi connectivity index (χ2v) is 10.7. The van der Waals surface area contributed by atoms with Crippen molar-refractivity contribution in [2.75, 3.05) is 6.61 Å². The van der Waals surface area contributed by atoms with Gasteiger partial charge in [0.2, 0.25) is 5.91 Å². The summed E-state index contributed by atoms with van der Waals surface area (Å²) in [7, 11) is 0. The van der Waals surface area contributed by atoms with E-state index in [-0.39, 0.29) is 31.0 Å². The highest BCUT2D eigenvalue weighted by molar-refractivity contribution is 6.31. The molecule has 1 N–H and O–H groups in total. The molecular weight excluding hydrogens is 519 g/mol. The summed E-state index contributed by atoms with van der Waals surface area (Å²) in [4.78, 5) is 29.2. The summed E-state index contributed by atoms with van der Waals surface area (Å²) in [6.45, 7) is 1.86. The van der Waals surface area contributed by atoms with Crippen LogP contribution in [-0.2, 0) is 22.6 Å². The smallest absolute Gasteiger partial charge is 0.261 e. The molecule has 0 bridgehead atoms. The number of ether oxygens (including phenoxy) is 1. The molecule has 200 valence electrons. The average Bonchev–Trinajstić information content (AvgIpc) is 2.93. The average molecular weight is 554 g/mol. The van der Waals surface area contributed by atoms with Gasteiger partial charge >= 0.3 is 0 Å². The summed E-state index contributed by atoms with van der Waals surface area (Å²) in [6.07, 6.45) is 5.70. The maximum atomic E-state index is 13.8. The van der Waals surface area contributed by atoms with E-state index in [9.17, 15) is 9.59 Å². The van der Waals surface area contributed by atoms with E-state index in [0.717, 1.165) is 42.4 Å². The zero-order valence-electron chi connectivity index (χ0n) is 21.7. The minimum atomic E-state index is -0.723. The lowest BCUT2D eigenvalue weighted by atomic mass is 9.94. The number of halogens is 2. The fourth-order valence-electron chi connectivity index (χ4n) is 4.84. The number of carbonyl (C=O) groups excluding carboxylic acids is 2. The van der Waals surface area contributed by atoms with Gasteiger partial charge < -0.3 is 15.0 Å². The maximum absolute atomic E-state index is 13.8. The Hall–Kier alpha value is -3.02. The second kappa shape index (κ2) is 13.7. The lowest BCUT2D eigenvalue weighted by Gasteiger charge is -2.33. The Kier molecular flexibility index (Phi) is 10.1. The largest absolute Gasteiger partial charge is 0.484 e. The van der Waals surface area contributed by atoms with Crippen LogP contribution in [0.15, 0.2) is 72.8 Å².